The number of hydrogen-bond donors (Lipinski definition) is 1. The standard InChI is InChI=1S/C23H33BN2O4/c1-21(2,3)28-20(27)26-12-8-9-19(26)18-13-15-10-11-16(14-17(15)25-18)24-29-22(4,5)23(6,7)30-24/h10-11,13-14,19,25H,8-9,12H2,1-7H3/t19-/m0/s1. The predicted octanol–water partition coefficient (Wildman–Crippen LogP) is 4.54. The van der Waals surface area contributed by atoms with Crippen molar-refractivity contribution in [1.29, 1.82) is 0 Å². The molecule has 0 aliphatic carbocycles. The monoisotopic (exact) mass is 412 g/mol. The SMILES string of the molecule is CC(C)(C)OC(=O)N1CCC[C@H]1c1cc2ccc(B3OC(C)(C)C(C)(C)O3)cc2[nH]1. The van der Waals surface area contributed by atoms with E-state index >= 15 is 0 Å². The highest BCUT2D eigenvalue weighted by Crippen LogP contribution is 2.37. The van der Waals surface area contributed by atoms with Gasteiger partial charge in [-0.25, -0.2) is 4.79 Å². The predicted molar refractivity (Wildman–Crippen MR) is 119 cm³/mol. The highest BCUT2D eigenvalue weighted by Gasteiger charge is 2.51. The molecule has 2 fully saturated rings. The number of nitrogens with one attached hydrogen (secondary N) is 1. The van der Waals surface area contributed by atoms with Gasteiger partial charge in [0.2, 0.25) is 0 Å². The molecule has 0 radical (unpaired) electrons. The Morgan fingerprint density at radius 2 is 1.83 bits per heavy atom. The van der Waals surface area contributed by atoms with Gasteiger partial charge in [-0.3, -0.25) is 4.90 Å². The van der Waals surface area contributed by atoms with Gasteiger partial charge in [0.05, 0.1) is 17.2 Å². The minimum atomic E-state index is -0.498. The van der Waals surface area contributed by atoms with Crippen LogP contribution in [0.4, 0.5) is 4.79 Å². The number of rotatable bonds is 2. The molecule has 1 atom stereocenters. The van der Waals surface area contributed by atoms with Gasteiger partial charge in [-0.2, -0.15) is 0 Å². The lowest BCUT2D eigenvalue weighted by atomic mass is 9.79. The Hall–Kier alpha value is -1.99. The highest BCUT2D eigenvalue weighted by molar-refractivity contribution is 6.62. The van der Waals surface area contributed by atoms with Crippen LogP contribution in [0.2, 0.25) is 0 Å². The van der Waals surface area contributed by atoms with Crippen LogP contribution in [0.25, 0.3) is 10.9 Å². The Balaban J connectivity index is 1.58. The number of ether oxygens (including phenoxy) is 1. The Morgan fingerprint density at radius 1 is 1.17 bits per heavy atom. The molecule has 1 aromatic heterocycles. The van der Waals surface area contributed by atoms with Crippen molar-refractivity contribution >= 4 is 29.6 Å². The van der Waals surface area contributed by atoms with Crippen molar-refractivity contribution in [2.75, 3.05) is 6.54 Å². The number of aromatic nitrogens is 1. The first kappa shape index (κ1) is 21.3. The van der Waals surface area contributed by atoms with E-state index in [2.05, 4.69) is 56.9 Å². The molecule has 4 rings (SSSR count). The summed E-state index contributed by atoms with van der Waals surface area (Å²) in [6, 6.07) is 8.38. The second-order valence-corrected chi connectivity index (χ2v) is 10.5. The first-order chi connectivity index (χ1) is 13.9. The number of aromatic amines is 1. The van der Waals surface area contributed by atoms with Crippen molar-refractivity contribution in [2.24, 2.45) is 0 Å². The van der Waals surface area contributed by atoms with E-state index in [0.717, 1.165) is 34.9 Å². The summed E-state index contributed by atoms with van der Waals surface area (Å²) >= 11 is 0. The molecule has 0 saturated carbocycles. The zero-order chi connectivity index (χ0) is 21.9. The van der Waals surface area contributed by atoms with Crippen molar-refractivity contribution in [3.8, 4) is 0 Å². The second kappa shape index (κ2) is 7.03. The van der Waals surface area contributed by atoms with Crippen LogP contribution >= 0.6 is 0 Å². The summed E-state index contributed by atoms with van der Waals surface area (Å²) in [6.45, 7) is 14.6. The van der Waals surface area contributed by atoms with Gasteiger partial charge < -0.3 is 19.0 Å². The van der Waals surface area contributed by atoms with E-state index in [1.165, 1.54) is 0 Å². The van der Waals surface area contributed by atoms with E-state index in [-0.39, 0.29) is 23.3 Å². The Kier molecular flexibility index (Phi) is 4.98. The lowest BCUT2D eigenvalue weighted by Crippen LogP contribution is -2.41. The molecule has 2 aromatic rings. The maximum atomic E-state index is 12.7. The molecule has 162 valence electrons. The number of carbonyl (C=O) groups is 1. The smallest absolute Gasteiger partial charge is 0.444 e. The summed E-state index contributed by atoms with van der Waals surface area (Å²) in [6.07, 6.45) is 1.65. The van der Waals surface area contributed by atoms with Crippen LogP contribution in [0.5, 0.6) is 0 Å². The molecule has 0 unspecified atom stereocenters. The summed E-state index contributed by atoms with van der Waals surface area (Å²) in [5.41, 5.74) is 1.82. The maximum Gasteiger partial charge on any atom is 0.494 e. The minimum Gasteiger partial charge on any atom is -0.444 e. The molecule has 6 nitrogen and oxygen atoms in total. The zero-order valence-electron chi connectivity index (χ0n) is 19.2. The van der Waals surface area contributed by atoms with Crippen molar-refractivity contribution < 1.29 is 18.8 Å². The van der Waals surface area contributed by atoms with Crippen molar-refractivity contribution in [3.05, 3.63) is 30.0 Å². The zero-order valence-corrected chi connectivity index (χ0v) is 19.2. The number of carbonyl (C=O) groups excluding carboxylic acids is 1. The van der Waals surface area contributed by atoms with Gasteiger partial charge in [0.15, 0.2) is 0 Å². The summed E-state index contributed by atoms with van der Waals surface area (Å²) < 4.78 is 18.0. The molecular formula is C23H33BN2O4. The number of H-pyrrole nitrogens is 1. The molecule has 0 spiro atoms. The third kappa shape index (κ3) is 3.85. The summed E-state index contributed by atoms with van der Waals surface area (Å²) in [4.78, 5) is 18.0. The van der Waals surface area contributed by atoms with Crippen molar-refractivity contribution in [1.82, 2.24) is 9.88 Å². The number of amides is 1. The van der Waals surface area contributed by atoms with Gasteiger partial charge in [-0.15, -0.1) is 0 Å². The first-order valence-electron chi connectivity index (χ1n) is 10.8. The average Bonchev–Trinajstić information content (AvgIpc) is 3.28. The normalized spacial score (nSPS) is 23.4. The molecule has 2 aliphatic heterocycles. The number of fused-ring (bicyclic) bond motifs is 1. The number of hydrogen-bond acceptors (Lipinski definition) is 4. The maximum absolute atomic E-state index is 12.7. The highest BCUT2D eigenvalue weighted by atomic mass is 16.7. The first-order valence-corrected chi connectivity index (χ1v) is 10.8. The molecule has 2 aliphatic rings. The van der Waals surface area contributed by atoms with Crippen molar-refractivity contribution in [3.63, 3.8) is 0 Å². The minimum absolute atomic E-state index is 0.00699. The number of benzene rings is 1. The molecule has 1 N–H and O–H groups in total. The Labute approximate surface area is 179 Å². The molecule has 0 bridgehead atoms. The van der Waals surface area contributed by atoms with Gasteiger partial charge in [0, 0.05) is 17.8 Å². The molecule has 1 aromatic carbocycles. The van der Waals surface area contributed by atoms with E-state index in [1.54, 1.807) is 0 Å². The third-order valence-electron chi connectivity index (χ3n) is 6.43. The second-order valence-electron chi connectivity index (χ2n) is 10.5. The van der Waals surface area contributed by atoms with Gasteiger partial charge >= 0.3 is 13.2 Å². The fraction of sp³-hybridized carbons (Fsp3) is 0.609. The van der Waals surface area contributed by atoms with E-state index in [4.69, 9.17) is 14.0 Å². The molecule has 7 heteroatoms. The van der Waals surface area contributed by atoms with E-state index in [0.29, 0.717) is 6.54 Å². The molecular weight excluding hydrogens is 379 g/mol. The number of likely N-dealkylation sites (tertiary alicyclic amines) is 1. The van der Waals surface area contributed by atoms with E-state index in [1.807, 2.05) is 25.7 Å². The lowest BCUT2D eigenvalue weighted by Gasteiger charge is -2.32. The fourth-order valence-corrected chi connectivity index (χ4v) is 4.10. The van der Waals surface area contributed by atoms with E-state index < -0.39 is 12.7 Å². The molecule has 30 heavy (non-hydrogen) atoms. The summed E-state index contributed by atoms with van der Waals surface area (Å²) in [7, 11) is -0.393. The third-order valence-corrected chi connectivity index (χ3v) is 6.43. The van der Waals surface area contributed by atoms with Crippen LogP contribution < -0.4 is 5.46 Å². The van der Waals surface area contributed by atoms with Crippen LogP contribution in [0.1, 0.15) is 73.0 Å². The van der Waals surface area contributed by atoms with Crippen LogP contribution in [-0.4, -0.2) is 46.4 Å². The van der Waals surface area contributed by atoms with Gasteiger partial charge in [-0.05, 0) is 84.3 Å². The van der Waals surface area contributed by atoms with Crippen LogP contribution in [0.3, 0.4) is 0 Å². The Bertz CT molecular complexity index is 944. The van der Waals surface area contributed by atoms with Crippen molar-refractivity contribution in [2.45, 2.75) is 84.2 Å². The van der Waals surface area contributed by atoms with Gasteiger partial charge in [-0.1, -0.05) is 12.1 Å². The molecule has 3 heterocycles. The van der Waals surface area contributed by atoms with Crippen LogP contribution in [0.15, 0.2) is 24.3 Å². The Morgan fingerprint density at radius 3 is 2.47 bits per heavy atom. The fourth-order valence-electron chi connectivity index (χ4n) is 4.10. The number of nitrogens with zero attached hydrogens (tertiary/aromatic N) is 1. The van der Waals surface area contributed by atoms with Gasteiger partial charge in [0.25, 0.3) is 0 Å². The van der Waals surface area contributed by atoms with Gasteiger partial charge in [0.1, 0.15) is 5.60 Å². The summed E-state index contributed by atoms with van der Waals surface area (Å²) in [5, 5.41) is 1.11. The quantitative estimate of drug-likeness (QED) is 0.736. The molecule has 2 saturated heterocycles. The largest absolute Gasteiger partial charge is 0.494 e. The summed E-state index contributed by atoms with van der Waals surface area (Å²) in [5.74, 6) is 0. The molecule has 1 amide bonds. The lowest BCUT2D eigenvalue weighted by molar-refractivity contribution is 0.00578. The average molecular weight is 412 g/mol. The van der Waals surface area contributed by atoms with Crippen LogP contribution in [0, 0.1) is 0 Å². The van der Waals surface area contributed by atoms with Crippen LogP contribution in [-0.2, 0) is 14.0 Å². The topological polar surface area (TPSA) is 63.8 Å². The van der Waals surface area contributed by atoms with E-state index in [9.17, 15) is 4.79 Å².